The van der Waals surface area contributed by atoms with Crippen LogP contribution in [-0.4, -0.2) is 52.2 Å². The Bertz CT molecular complexity index is 479. The van der Waals surface area contributed by atoms with E-state index in [-0.39, 0.29) is 11.8 Å². The van der Waals surface area contributed by atoms with Gasteiger partial charge >= 0.3 is 11.7 Å². The zero-order valence-corrected chi connectivity index (χ0v) is 10.2. The number of piperidine rings is 1. The largest absolute Gasteiger partial charge is 0.477 e. The van der Waals surface area contributed by atoms with Crippen LogP contribution in [0.2, 0.25) is 0 Å². The number of carboxylic acid groups (broad SMARTS) is 1. The molecule has 0 amide bonds. The zero-order chi connectivity index (χ0) is 13.1. The molecule has 1 aromatic heterocycles. The molecule has 1 fully saturated rings. The average Bonchev–Trinajstić information content (AvgIpc) is 2.70. The number of carboxylic acids is 1. The number of ether oxygens (including phenoxy) is 1. The maximum atomic E-state index is 11.2. The van der Waals surface area contributed by atoms with Crippen LogP contribution in [0.1, 0.15) is 29.0 Å². The fraction of sp³-hybridized carbons (Fsp3) is 0.636. The van der Waals surface area contributed by atoms with Gasteiger partial charge in [0.15, 0.2) is 0 Å². The zero-order valence-electron chi connectivity index (χ0n) is 10.2. The molecule has 0 bridgehead atoms. The molecule has 18 heavy (non-hydrogen) atoms. The molecule has 1 atom stereocenters. The van der Waals surface area contributed by atoms with E-state index in [1.165, 1.54) is 0 Å². The van der Waals surface area contributed by atoms with Gasteiger partial charge in [-0.15, -0.1) is 0 Å². The van der Waals surface area contributed by atoms with Gasteiger partial charge in [-0.2, -0.15) is 0 Å². The molecule has 0 unspecified atom stereocenters. The molecule has 7 heteroatoms. The summed E-state index contributed by atoms with van der Waals surface area (Å²) < 4.78 is 5.30. The van der Waals surface area contributed by atoms with E-state index < -0.39 is 11.7 Å². The molecule has 3 N–H and O–H groups in total. The Balaban J connectivity index is 2.09. The molecule has 1 saturated heterocycles. The fourth-order valence-corrected chi connectivity index (χ4v) is 2.29. The molecule has 7 nitrogen and oxygen atoms in total. The minimum atomic E-state index is -1.12. The molecule has 0 aliphatic carbocycles. The number of hydrogen-bond donors (Lipinski definition) is 3. The number of nitrogens with one attached hydrogen (secondary N) is 2. The summed E-state index contributed by atoms with van der Waals surface area (Å²) >= 11 is 0. The summed E-state index contributed by atoms with van der Waals surface area (Å²) in [4.78, 5) is 29.0. The molecular formula is C11H17N3O4. The van der Waals surface area contributed by atoms with Gasteiger partial charge in [0.25, 0.3) is 0 Å². The molecule has 0 radical (unpaired) electrons. The van der Waals surface area contributed by atoms with Crippen LogP contribution in [0.15, 0.2) is 4.79 Å². The van der Waals surface area contributed by atoms with Gasteiger partial charge in [-0.25, -0.2) is 9.59 Å². The van der Waals surface area contributed by atoms with Crippen molar-refractivity contribution in [2.45, 2.75) is 25.5 Å². The summed E-state index contributed by atoms with van der Waals surface area (Å²) in [5.41, 5.74) is -0.119. The number of carbonyl (C=O) groups is 1. The molecule has 0 saturated carbocycles. The Morgan fingerprint density at radius 1 is 1.56 bits per heavy atom. The van der Waals surface area contributed by atoms with Crippen molar-refractivity contribution < 1.29 is 14.6 Å². The maximum Gasteiger partial charge on any atom is 0.354 e. The van der Waals surface area contributed by atoms with Crippen LogP contribution in [0.3, 0.4) is 0 Å². The van der Waals surface area contributed by atoms with Crippen molar-refractivity contribution in [1.82, 2.24) is 14.9 Å². The van der Waals surface area contributed by atoms with Gasteiger partial charge in [0.2, 0.25) is 0 Å². The molecule has 2 heterocycles. The van der Waals surface area contributed by atoms with E-state index in [0.29, 0.717) is 12.2 Å². The molecule has 100 valence electrons. The SMILES string of the molecule is CO[C@@H]1CCCN(Cc2[nH]c(=O)[nH]c2C(=O)O)C1. The van der Waals surface area contributed by atoms with Crippen molar-refractivity contribution in [2.75, 3.05) is 20.2 Å². The van der Waals surface area contributed by atoms with E-state index in [4.69, 9.17) is 9.84 Å². The van der Waals surface area contributed by atoms with Crippen LogP contribution in [0.5, 0.6) is 0 Å². The third kappa shape index (κ3) is 2.80. The second-order valence-corrected chi connectivity index (χ2v) is 4.47. The molecule has 0 aromatic carbocycles. The van der Waals surface area contributed by atoms with E-state index in [1.54, 1.807) is 7.11 Å². The number of aromatic nitrogens is 2. The van der Waals surface area contributed by atoms with Gasteiger partial charge in [-0.3, -0.25) is 9.88 Å². The number of hydrogen-bond acceptors (Lipinski definition) is 4. The second kappa shape index (κ2) is 5.36. The first-order valence-corrected chi connectivity index (χ1v) is 5.89. The van der Waals surface area contributed by atoms with Crippen molar-refractivity contribution in [1.29, 1.82) is 0 Å². The van der Waals surface area contributed by atoms with Crippen LogP contribution < -0.4 is 5.69 Å². The first kappa shape index (κ1) is 12.8. The van der Waals surface area contributed by atoms with E-state index in [0.717, 1.165) is 25.9 Å². The highest BCUT2D eigenvalue weighted by Crippen LogP contribution is 2.15. The van der Waals surface area contributed by atoms with Crippen molar-refractivity contribution in [3.8, 4) is 0 Å². The number of imidazole rings is 1. The normalized spacial score (nSPS) is 21.1. The van der Waals surface area contributed by atoms with Gasteiger partial charge in [-0.05, 0) is 19.4 Å². The third-order valence-corrected chi connectivity index (χ3v) is 3.20. The molecular weight excluding hydrogens is 238 g/mol. The number of methoxy groups -OCH3 is 1. The minimum Gasteiger partial charge on any atom is -0.477 e. The van der Waals surface area contributed by atoms with Crippen LogP contribution in [0.25, 0.3) is 0 Å². The summed E-state index contributed by atoms with van der Waals surface area (Å²) in [5.74, 6) is -1.12. The van der Waals surface area contributed by atoms with E-state index in [2.05, 4.69) is 14.9 Å². The van der Waals surface area contributed by atoms with Gasteiger partial charge in [0, 0.05) is 20.2 Å². The highest BCUT2D eigenvalue weighted by atomic mass is 16.5. The summed E-state index contributed by atoms with van der Waals surface area (Å²) in [7, 11) is 1.68. The minimum absolute atomic E-state index is 0.0560. The van der Waals surface area contributed by atoms with Crippen LogP contribution in [0, 0.1) is 0 Å². The summed E-state index contributed by atoms with van der Waals surface area (Å²) in [6.45, 7) is 2.05. The molecule has 1 aromatic rings. The summed E-state index contributed by atoms with van der Waals surface area (Å²) in [5, 5.41) is 8.97. The number of aromatic carboxylic acids is 1. The molecule has 0 spiro atoms. The smallest absolute Gasteiger partial charge is 0.354 e. The number of nitrogens with zero attached hydrogens (tertiary/aromatic N) is 1. The molecule has 1 aliphatic heterocycles. The van der Waals surface area contributed by atoms with Crippen molar-refractivity contribution in [2.24, 2.45) is 0 Å². The lowest BCUT2D eigenvalue weighted by atomic mass is 10.1. The van der Waals surface area contributed by atoms with Crippen LogP contribution in [0.4, 0.5) is 0 Å². The number of H-pyrrole nitrogens is 2. The number of rotatable bonds is 4. The second-order valence-electron chi connectivity index (χ2n) is 4.47. The van der Waals surface area contributed by atoms with Gasteiger partial charge in [0.05, 0.1) is 11.8 Å². The standard InChI is InChI=1S/C11H17N3O4/c1-18-7-3-2-4-14(5-7)6-8-9(10(15)16)13-11(17)12-8/h7H,2-6H2,1H3,(H,15,16)(H2,12,13,17)/t7-/m1/s1. The molecule has 1 aliphatic rings. The van der Waals surface area contributed by atoms with E-state index >= 15 is 0 Å². The monoisotopic (exact) mass is 255 g/mol. The van der Waals surface area contributed by atoms with Crippen molar-refractivity contribution in [3.63, 3.8) is 0 Å². The summed E-state index contributed by atoms with van der Waals surface area (Å²) in [6.07, 6.45) is 2.20. The van der Waals surface area contributed by atoms with Gasteiger partial charge in [-0.1, -0.05) is 0 Å². The number of aromatic amines is 2. The Labute approximate surface area is 104 Å². The predicted octanol–water partition coefficient (Wildman–Crippen LogP) is 0.0120. The van der Waals surface area contributed by atoms with Crippen LogP contribution in [-0.2, 0) is 11.3 Å². The first-order chi connectivity index (χ1) is 8.60. The Kier molecular flexibility index (Phi) is 3.83. The van der Waals surface area contributed by atoms with E-state index in [9.17, 15) is 9.59 Å². The molecule has 2 rings (SSSR count). The van der Waals surface area contributed by atoms with Crippen molar-refractivity contribution >= 4 is 5.97 Å². The first-order valence-electron chi connectivity index (χ1n) is 5.89. The topological polar surface area (TPSA) is 98.4 Å². The maximum absolute atomic E-state index is 11.2. The van der Waals surface area contributed by atoms with E-state index in [1.807, 2.05) is 0 Å². The highest BCUT2D eigenvalue weighted by molar-refractivity contribution is 5.86. The predicted molar refractivity (Wildman–Crippen MR) is 63.7 cm³/mol. The lowest BCUT2D eigenvalue weighted by molar-refractivity contribution is 0.0280. The highest BCUT2D eigenvalue weighted by Gasteiger charge is 2.22. The third-order valence-electron chi connectivity index (χ3n) is 3.20. The van der Waals surface area contributed by atoms with Crippen LogP contribution >= 0.6 is 0 Å². The Morgan fingerprint density at radius 3 is 3.00 bits per heavy atom. The Hall–Kier alpha value is -1.60. The average molecular weight is 255 g/mol. The van der Waals surface area contributed by atoms with Crippen molar-refractivity contribution in [3.05, 3.63) is 21.9 Å². The lowest BCUT2D eigenvalue weighted by Crippen LogP contribution is -2.39. The van der Waals surface area contributed by atoms with Gasteiger partial charge in [0.1, 0.15) is 5.69 Å². The quantitative estimate of drug-likeness (QED) is 0.704. The Morgan fingerprint density at radius 2 is 2.33 bits per heavy atom. The number of likely N-dealkylation sites (tertiary alicyclic amines) is 1. The summed E-state index contributed by atoms with van der Waals surface area (Å²) in [6, 6.07) is 0. The van der Waals surface area contributed by atoms with Gasteiger partial charge < -0.3 is 14.8 Å². The fourth-order valence-electron chi connectivity index (χ4n) is 2.29. The lowest BCUT2D eigenvalue weighted by Gasteiger charge is -2.31.